The molecule has 2 N–H and O–H groups in total. The highest BCUT2D eigenvalue weighted by Gasteiger charge is 2.10. The van der Waals surface area contributed by atoms with Crippen molar-refractivity contribution in [2.24, 2.45) is 0 Å². The first kappa shape index (κ1) is 12.6. The Morgan fingerprint density at radius 2 is 1.72 bits per heavy atom. The Hall–Kier alpha value is -1.81. The Bertz CT molecular complexity index is 691. The van der Waals surface area contributed by atoms with E-state index in [1.54, 1.807) is 18.2 Å². The van der Waals surface area contributed by atoms with E-state index in [1.807, 2.05) is 31.2 Å². The third-order valence-electron chi connectivity index (χ3n) is 2.95. The maximum atomic E-state index is 11.5. The molecule has 0 saturated heterocycles. The van der Waals surface area contributed by atoms with Gasteiger partial charge < -0.3 is 5.73 Å². The van der Waals surface area contributed by atoms with Crippen molar-refractivity contribution in [3.05, 3.63) is 48.0 Å². The fraction of sp³-hybridized carbons (Fsp3) is 0.143. The van der Waals surface area contributed by atoms with Crippen LogP contribution >= 0.6 is 0 Å². The summed E-state index contributed by atoms with van der Waals surface area (Å²) in [5.41, 5.74) is 9.35. The molecular weight excluding hydrogens is 246 g/mol. The second kappa shape index (κ2) is 4.46. The molecule has 0 bridgehead atoms. The molecular formula is C14H15NO2S. The lowest BCUT2D eigenvalue weighted by molar-refractivity contribution is 0.602. The molecule has 2 rings (SSSR count). The summed E-state index contributed by atoms with van der Waals surface area (Å²) >= 11 is 0. The van der Waals surface area contributed by atoms with Gasteiger partial charge in [0.15, 0.2) is 9.84 Å². The molecule has 18 heavy (non-hydrogen) atoms. The minimum Gasteiger partial charge on any atom is -0.398 e. The third kappa shape index (κ3) is 2.38. The fourth-order valence-electron chi connectivity index (χ4n) is 1.86. The van der Waals surface area contributed by atoms with Gasteiger partial charge >= 0.3 is 0 Å². The van der Waals surface area contributed by atoms with Crippen LogP contribution in [0.3, 0.4) is 0 Å². The number of hydrogen-bond donors (Lipinski definition) is 1. The predicted molar refractivity (Wildman–Crippen MR) is 74.1 cm³/mol. The van der Waals surface area contributed by atoms with Gasteiger partial charge in [-0.2, -0.15) is 0 Å². The zero-order valence-corrected chi connectivity index (χ0v) is 11.2. The van der Waals surface area contributed by atoms with Crippen LogP contribution < -0.4 is 5.73 Å². The Morgan fingerprint density at radius 1 is 1.06 bits per heavy atom. The van der Waals surface area contributed by atoms with Crippen molar-refractivity contribution in [2.45, 2.75) is 11.8 Å². The number of nitrogen functional groups attached to an aromatic ring is 1. The van der Waals surface area contributed by atoms with Crippen LogP contribution in [0.15, 0.2) is 47.4 Å². The first-order valence-corrected chi connectivity index (χ1v) is 7.44. The molecule has 0 aromatic heterocycles. The molecule has 0 atom stereocenters. The van der Waals surface area contributed by atoms with Gasteiger partial charge in [-0.1, -0.05) is 24.3 Å². The molecule has 0 amide bonds. The highest BCUT2D eigenvalue weighted by molar-refractivity contribution is 7.90. The average molecular weight is 261 g/mol. The van der Waals surface area contributed by atoms with E-state index in [0.717, 1.165) is 16.7 Å². The summed E-state index contributed by atoms with van der Waals surface area (Å²) in [7, 11) is -3.19. The van der Waals surface area contributed by atoms with Crippen molar-refractivity contribution in [1.82, 2.24) is 0 Å². The van der Waals surface area contributed by atoms with Crippen LogP contribution in [0.5, 0.6) is 0 Å². The quantitative estimate of drug-likeness (QED) is 0.845. The summed E-state index contributed by atoms with van der Waals surface area (Å²) in [6.45, 7) is 1.93. The number of anilines is 1. The predicted octanol–water partition coefficient (Wildman–Crippen LogP) is 2.65. The highest BCUT2D eigenvalue weighted by atomic mass is 32.2. The summed E-state index contributed by atoms with van der Waals surface area (Å²) < 4.78 is 23.1. The van der Waals surface area contributed by atoms with E-state index < -0.39 is 9.84 Å². The lowest BCUT2D eigenvalue weighted by Crippen LogP contribution is -1.97. The zero-order chi connectivity index (χ0) is 13.3. The third-order valence-corrected chi connectivity index (χ3v) is 4.06. The van der Waals surface area contributed by atoms with Crippen molar-refractivity contribution in [3.8, 4) is 11.1 Å². The van der Waals surface area contributed by atoms with Crippen LogP contribution in [-0.4, -0.2) is 14.7 Å². The number of hydrogen-bond acceptors (Lipinski definition) is 3. The Morgan fingerprint density at radius 3 is 2.39 bits per heavy atom. The van der Waals surface area contributed by atoms with Gasteiger partial charge in [0.25, 0.3) is 0 Å². The van der Waals surface area contributed by atoms with E-state index in [2.05, 4.69) is 0 Å². The molecule has 0 saturated carbocycles. The molecule has 0 unspecified atom stereocenters. The molecule has 2 aromatic rings. The minimum absolute atomic E-state index is 0.321. The zero-order valence-electron chi connectivity index (χ0n) is 10.3. The van der Waals surface area contributed by atoms with Crippen molar-refractivity contribution in [3.63, 3.8) is 0 Å². The van der Waals surface area contributed by atoms with Gasteiger partial charge in [0.1, 0.15) is 0 Å². The first-order chi connectivity index (χ1) is 8.39. The molecule has 0 spiro atoms. The molecule has 0 heterocycles. The number of nitrogens with two attached hydrogens (primary N) is 1. The molecule has 0 aliphatic rings. The monoisotopic (exact) mass is 261 g/mol. The van der Waals surface area contributed by atoms with Crippen LogP contribution in [0.2, 0.25) is 0 Å². The van der Waals surface area contributed by atoms with Crippen LogP contribution in [-0.2, 0) is 9.84 Å². The number of benzene rings is 2. The highest BCUT2D eigenvalue weighted by Crippen LogP contribution is 2.28. The standard InChI is InChI=1S/C14H15NO2S/c1-10-13(7-4-8-14(10)15)11-5-3-6-12(9-11)18(2,16)17/h3-9H,15H2,1-2H3. The number of rotatable bonds is 2. The van der Waals surface area contributed by atoms with E-state index in [0.29, 0.717) is 10.6 Å². The minimum atomic E-state index is -3.19. The average Bonchev–Trinajstić information content (AvgIpc) is 2.32. The van der Waals surface area contributed by atoms with Crippen LogP contribution in [0, 0.1) is 6.92 Å². The van der Waals surface area contributed by atoms with E-state index in [-0.39, 0.29) is 0 Å². The summed E-state index contributed by atoms with van der Waals surface area (Å²) in [5.74, 6) is 0. The summed E-state index contributed by atoms with van der Waals surface area (Å²) in [6, 6.07) is 12.5. The van der Waals surface area contributed by atoms with Crippen molar-refractivity contribution in [1.29, 1.82) is 0 Å². The second-order valence-electron chi connectivity index (χ2n) is 4.32. The van der Waals surface area contributed by atoms with Gasteiger partial charge in [-0.05, 0) is 41.8 Å². The van der Waals surface area contributed by atoms with E-state index in [1.165, 1.54) is 6.26 Å². The molecule has 4 heteroatoms. The van der Waals surface area contributed by atoms with Gasteiger partial charge in [0.2, 0.25) is 0 Å². The molecule has 0 aliphatic heterocycles. The van der Waals surface area contributed by atoms with Gasteiger partial charge in [-0.15, -0.1) is 0 Å². The topological polar surface area (TPSA) is 60.2 Å². The normalized spacial score (nSPS) is 11.4. The number of sulfone groups is 1. The van der Waals surface area contributed by atoms with Crippen molar-refractivity contribution in [2.75, 3.05) is 12.0 Å². The lowest BCUT2D eigenvalue weighted by atomic mass is 9.99. The first-order valence-electron chi connectivity index (χ1n) is 5.55. The van der Waals surface area contributed by atoms with Gasteiger partial charge in [-0.3, -0.25) is 0 Å². The van der Waals surface area contributed by atoms with E-state index >= 15 is 0 Å². The summed E-state index contributed by atoms with van der Waals surface area (Å²) in [6.07, 6.45) is 1.21. The molecule has 3 nitrogen and oxygen atoms in total. The molecule has 0 aliphatic carbocycles. The van der Waals surface area contributed by atoms with Crippen molar-refractivity contribution < 1.29 is 8.42 Å². The van der Waals surface area contributed by atoms with Gasteiger partial charge in [0, 0.05) is 11.9 Å². The van der Waals surface area contributed by atoms with Gasteiger partial charge in [0.05, 0.1) is 4.90 Å². The van der Waals surface area contributed by atoms with E-state index in [9.17, 15) is 8.42 Å². The van der Waals surface area contributed by atoms with E-state index in [4.69, 9.17) is 5.73 Å². The summed E-state index contributed by atoms with van der Waals surface area (Å²) in [5, 5.41) is 0. The maximum absolute atomic E-state index is 11.5. The molecule has 0 radical (unpaired) electrons. The largest absolute Gasteiger partial charge is 0.398 e. The second-order valence-corrected chi connectivity index (χ2v) is 6.34. The maximum Gasteiger partial charge on any atom is 0.175 e. The fourth-order valence-corrected chi connectivity index (χ4v) is 2.53. The molecule has 94 valence electrons. The lowest BCUT2D eigenvalue weighted by Gasteiger charge is -2.09. The van der Waals surface area contributed by atoms with Crippen LogP contribution in [0.4, 0.5) is 5.69 Å². The Balaban J connectivity index is 2.62. The SMILES string of the molecule is Cc1c(N)cccc1-c1cccc(S(C)(=O)=O)c1. The van der Waals surface area contributed by atoms with Crippen LogP contribution in [0.25, 0.3) is 11.1 Å². The van der Waals surface area contributed by atoms with Crippen LogP contribution in [0.1, 0.15) is 5.56 Å². The molecule has 2 aromatic carbocycles. The Labute approximate surface area is 107 Å². The summed E-state index contributed by atoms with van der Waals surface area (Å²) in [4.78, 5) is 0.321. The Kier molecular flexibility index (Phi) is 3.13. The molecule has 0 fully saturated rings. The smallest absolute Gasteiger partial charge is 0.175 e. The van der Waals surface area contributed by atoms with Crippen molar-refractivity contribution >= 4 is 15.5 Å². The van der Waals surface area contributed by atoms with Gasteiger partial charge in [-0.25, -0.2) is 8.42 Å².